The van der Waals surface area contributed by atoms with Gasteiger partial charge >= 0.3 is 0 Å². The smallest absolute Gasteiger partial charge is 0.253 e. The number of carbonyl (C=O) groups is 1. The summed E-state index contributed by atoms with van der Waals surface area (Å²) in [4.78, 5) is 14.5. The highest BCUT2D eigenvalue weighted by Crippen LogP contribution is 2.44. The molecule has 0 spiro atoms. The molecule has 5 heteroatoms. The fourth-order valence-corrected chi connectivity index (χ4v) is 5.00. The fourth-order valence-electron chi connectivity index (χ4n) is 4.73. The number of amides is 1. The molecule has 3 atom stereocenters. The van der Waals surface area contributed by atoms with Gasteiger partial charge in [-0.15, -0.1) is 0 Å². The number of hydrogen-bond donors (Lipinski definition) is 2. The van der Waals surface area contributed by atoms with Crippen molar-refractivity contribution in [2.45, 2.75) is 51.0 Å². The summed E-state index contributed by atoms with van der Waals surface area (Å²) < 4.78 is 0. The van der Waals surface area contributed by atoms with Crippen LogP contribution in [0.5, 0.6) is 0 Å². The van der Waals surface area contributed by atoms with Crippen molar-refractivity contribution in [3.8, 4) is 0 Å². The zero-order valence-electron chi connectivity index (χ0n) is 14.7. The molecular formula is C20H27N3OS. The lowest BCUT2D eigenvalue weighted by Crippen LogP contribution is -2.40. The van der Waals surface area contributed by atoms with Crippen molar-refractivity contribution in [2.75, 3.05) is 18.4 Å². The van der Waals surface area contributed by atoms with Gasteiger partial charge in [-0.05, 0) is 86.8 Å². The van der Waals surface area contributed by atoms with Crippen LogP contribution in [-0.4, -0.2) is 35.1 Å². The van der Waals surface area contributed by atoms with Crippen LogP contribution in [0.2, 0.25) is 0 Å². The number of fused-ring (bicyclic) bond motifs is 2. The number of carbonyl (C=O) groups excluding carboxylic acids is 1. The molecule has 1 amide bonds. The molecule has 2 aliphatic carbocycles. The molecule has 1 heterocycles. The number of nitrogens with zero attached hydrogens (tertiary/aromatic N) is 1. The first-order valence-corrected chi connectivity index (χ1v) is 10.1. The van der Waals surface area contributed by atoms with Crippen LogP contribution in [0.15, 0.2) is 24.3 Å². The number of hydrogen-bond acceptors (Lipinski definition) is 2. The zero-order valence-corrected chi connectivity index (χ0v) is 15.5. The summed E-state index contributed by atoms with van der Waals surface area (Å²) >= 11 is 5.48. The van der Waals surface area contributed by atoms with Gasteiger partial charge in [-0.25, -0.2) is 0 Å². The molecule has 2 N–H and O–H groups in total. The van der Waals surface area contributed by atoms with Gasteiger partial charge < -0.3 is 15.5 Å². The minimum absolute atomic E-state index is 0.147. The van der Waals surface area contributed by atoms with Crippen LogP contribution < -0.4 is 10.6 Å². The highest BCUT2D eigenvalue weighted by atomic mass is 32.1. The second-order valence-corrected chi connectivity index (χ2v) is 8.22. The number of likely N-dealkylation sites (tertiary alicyclic amines) is 1. The first kappa shape index (κ1) is 16.8. The Morgan fingerprint density at radius 3 is 2.44 bits per heavy atom. The predicted octanol–water partition coefficient (Wildman–Crippen LogP) is 3.79. The molecule has 1 saturated heterocycles. The van der Waals surface area contributed by atoms with Gasteiger partial charge in [0.05, 0.1) is 0 Å². The molecule has 1 aromatic rings. The third kappa shape index (κ3) is 3.81. The normalized spacial score (nSPS) is 28.0. The summed E-state index contributed by atoms with van der Waals surface area (Å²) in [5, 5.41) is 7.46. The van der Waals surface area contributed by atoms with Crippen LogP contribution in [0.1, 0.15) is 55.3 Å². The van der Waals surface area contributed by atoms with E-state index in [0.29, 0.717) is 11.2 Å². The van der Waals surface area contributed by atoms with Gasteiger partial charge in [-0.2, -0.15) is 0 Å². The van der Waals surface area contributed by atoms with Crippen molar-refractivity contribution in [2.24, 2.45) is 11.8 Å². The SMILES string of the molecule is O=C(c1ccc(NC(=S)NC2CC3CCC2C3)cc1)N1CCCCC1. The van der Waals surface area contributed by atoms with Crippen LogP contribution >= 0.6 is 12.2 Å². The molecule has 3 fully saturated rings. The highest BCUT2D eigenvalue weighted by Gasteiger charge is 2.39. The summed E-state index contributed by atoms with van der Waals surface area (Å²) in [6.07, 6.45) is 8.85. The quantitative estimate of drug-likeness (QED) is 0.808. The average Bonchev–Trinajstić information content (AvgIpc) is 3.25. The molecule has 2 bridgehead atoms. The van der Waals surface area contributed by atoms with Crippen molar-refractivity contribution in [1.29, 1.82) is 0 Å². The number of thiocarbonyl (C=S) groups is 1. The Morgan fingerprint density at radius 1 is 1.04 bits per heavy atom. The Bertz CT molecular complexity index is 639. The lowest BCUT2D eigenvalue weighted by Gasteiger charge is -2.27. The maximum Gasteiger partial charge on any atom is 0.253 e. The molecule has 4 rings (SSSR count). The van der Waals surface area contributed by atoms with Gasteiger partial charge in [0.1, 0.15) is 0 Å². The lowest BCUT2D eigenvalue weighted by atomic mass is 9.96. The number of rotatable bonds is 3. The molecule has 0 radical (unpaired) electrons. The van der Waals surface area contributed by atoms with E-state index >= 15 is 0 Å². The third-order valence-electron chi connectivity index (χ3n) is 6.09. The molecular weight excluding hydrogens is 330 g/mol. The summed E-state index contributed by atoms with van der Waals surface area (Å²) in [5.41, 5.74) is 1.70. The Kier molecular flexibility index (Phi) is 4.93. The molecule has 25 heavy (non-hydrogen) atoms. The highest BCUT2D eigenvalue weighted by molar-refractivity contribution is 7.80. The second-order valence-electron chi connectivity index (χ2n) is 7.81. The van der Waals surface area contributed by atoms with Gasteiger partial charge in [0.2, 0.25) is 0 Å². The maximum atomic E-state index is 12.5. The second kappa shape index (κ2) is 7.32. The first-order chi connectivity index (χ1) is 12.2. The van der Waals surface area contributed by atoms with E-state index in [4.69, 9.17) is 12.2 Å². The molecule has 2 saturated carbocycles. The van der Waals surface area contributed by atoms with Crippen LogP contribution in [-0.2, 0) is 0 Å². The van der Waals surface area contributed by atoms with Gasteiger partial charge in [0, 0.05) is 30.4 Å². The maximum absolute atomic E-state index is 12.5. The molecule has 3 aliphatic rings. The van der Waals surface area contributed by atoms with Gasteiger partial charge in [0.25, 0.3) is 5.91 Å². The molecule has 1 aliphatic heterocycles. The summed E-state index contributed by atoms with van der Waals surface area (Å²) in [7, 11) is 0. The van der Waals surface area contributed by atoms with E-state index in [2.05, 4.69) is 10.6 Å². The average molecular weight is 358 g/mol. The predicted molar refractivity (Wildman–Crippen MR) is 105 cm³/mol. The van der Waals surface area contributed by atoms with E-state index in [1.54, 1.807) is 0 Å². The van der Waals surface area contributed by atoms with Crippen molar-refractivity contribution >= 4 is 28.9 Å². The van der Waals surface area contributed by atoms with Crippen molar-refractivity contribution < 1.29 is 4.79 Å². The van der Waals surface area contributed by atoms with Crippen molar-refractivity contribution in [3.05, 3.63) is 29.8 Å². The molecule has 134 valence electrons. The largest absolute Gasteiger partial charge is 0.359 e. The Labute approximate surface area is 155 Å². The van der Waals surface area contributed by atoms with Crippen LogP contribution in [0.3, 0.4) is 0 Å². The van der Waals surface area contributed by atoms with Gasteiger partial charge in [-0.3, -0.25) is 4.79 Å². The van der Waals surface area contributed by atoms with E-state index < -0.39 is 0 Å². The zero-order chi connectivity index (χ0) is 17.2. The standard InChI is InChI=1S/C20H27N3OS/c24-19(23-10-2-1-3-11-23)15-6-8-17(9-7-15)21-20(25)22-18-13-14-4-5-16(18)12-14/h6-9,14,16,18H,1-5,10-13H2,(H2,21,22,25). The summed E-state index contributed by atoms with van der Waals surface area (Å²) in [6, 6.07) is 8.25. The lowest BCUT2D eigenvalue weighted by molar-refractivity contribution is 0.0724. The topological polar surface area (TPSA) is 44.4 Å². The molecule has 4 nitrogen and oxygen atoms in total. The van der Waals surface area contributed by atoms with Crippen molar-refractivity contribution in [3.63, 3.8) is 0 Å². The van der Waals surface area contributed by atoms with E-state index in [1.165, 1.54) is 32.1 Å². The Hall–Kier alpha value is -1.62. The van der Waals surface area contributed by atoms with E-state index in [9.17, 15) is 4.79 Å². The van der Waals surface area contributed by atoms with Gasteiger partial charge in [0.15, 0.2) is 5.11 Å². The van der Waals surface area contributed by atoms with Crippen LogP contribution in [0.4, 0.5) is 5.69 Å². The fraction of sp³-hybridized carbons (Fsp3) is 0.600. The van der Waals surface area contributed by atoms with E-state index in [-0.39, 0.29) is 5.91 Å². The number of anilines is 1. The summed E-state index contributed by atoms with van der Waals surface area (Å²) in [6.45, 7) is 1.77. The van der Waals surface area contributed by atoms with Crippen molar-refractivity contribution in [1.82, 2.24) is 10.2 Å². The minimum atomic E-state index is 0.147. The van der Waals surface area contributed by atoms with Crippen LogP contribution in [0.25, 0.3) is 0 Å². The third-order valence-corrected chi connectivity index (χ3v) is 6.31. The molecule has 0 aromatic heterocycles. The minimum Gasteiger partial charge on any atom is -0.359 e. The Morgan fingerprint density at radius 2 is 1.80 bits per heavy atom. The summed E-state index contributed by atoms with van der Waals surface area (Å²) in [5.74, 6) is 1.86. The monoisotopic (exact) mass is 357 g/mol. The number of piperidine rings is 1. The van der Waals surface area contributed by atoms with Crippen LogP contribution in [0, 0.1) is 11.8 Å². The van der Waals surface area contributed by atoms with E-state index in [1.807, 2.05) is 29.2 Å². The number of nitrogens with one attached hydrogen (secondary N) is 2. The number of benzene rings is 1. The van der Waals surface area contributed by atoms with E-state index in [0.717, 1.165) is 49.0 Å². The Balaban J connectivity index is 1.31. The van der Waals surface area contributed by atoms with Gasteiger partial charge in [-0.1, -0.05) is 6.42 Å². The first-order valence-electron chi connectivity index (χ1n) is 9.66. The molecule has 1 aromatic carbocycles. The molecule has 3 unspecified atom stereocenters.